The number of carbonyl (C=O) groups excluding carboxylic acids is 2. The molecule has 3 aromatic carbocycles. The molecule has 1 aliphatic carbocycles. The third kappa shape index (κ3) is 7.99. The van der Waals surface area contributed by atoms with Crippen molar-refractivity contribution < 1.29 is 23.8 Å². The van der Waals surface area contributed by atoms with Crippen molar-refractivity contribution in [3.63, 3.8) is 0 Å². The second-order valence-electron chi connectivity index (χ2n) is 10.0. The third-order valence-corrected chi connectivity index (χ3v) is 7.10. The van der Waals surface area contributed by atoms with Gasteiger partial charge < -0.3 is 24.4 Å². The molecular weight excluding hydrogens is 492 g/mol. The zero-order chi connectivity index (χ0) is 27.6. The highest BCUT2D eigenvalue weighted by atomic mass is 16.5. The van der Waals surface area contributed by atoms with Crippen LogP contribution in [-0.4, -0.2) is 49.6 Å². The number of aryl methyl sites for hydroxylation is 1. The molecule has 0 radical (unpaired) electrons. The molecule has 1 N–H and O–H groups in total. The van der Waals surface area contributed by atoms with E-state index >= 15 is 0 Å². The van der Waals surface area contributed by atoms with Crippen LogP contribution in [0.1, 0.15) is 42.4 Å². The summed E-state index contributed by atoms with van der Waals surface area (Å²) in [5, 5.41) is 3.23. The molecule has 0 aromatic heterocycles. The van der Waals surface area contributed by atoms with Gasteiger partial charge in [-0.25, -0.2) is 0 Å². The Balaban J connectivity index is 1.62. The lowest BCUT2D eigenvalue weighted by atomic mass is 10.0. The largest absolute Gasteiger partial charge is 0.496 e. The number of ether oxygens (including phenoxy) is 3. The van der Waals surface area contributed by atoms with E-state index in [1.54, 1.807) is 37.3 Å². The first-order valence-corrected chi connectivity index (χ1v) is 13.5. The molecule has 1 saturated carbocycles. The average Bonchev–Trinajstić information content (AvgIpc) is 3.47. The summed E-state index contributed by atoms with van der Waals surface area (Å²) in [7, 11) is 3.12. The van der Waals surface area contributed by atoms with E-state index in [0.29, 0.717) is 30.2 Å². The number of rotatable bonds is 12. The molecule has 0 saturated heterocycles. The summed E-state index contributed by atoms with van der Waals surface area (Å²) in [4.78, 5) is 29.3. The standard InChI is InChI=1S/C32H38N2O5/c1-23-10-9-13-25(16-23)21-34(31(35)22-39-29-19-27(37-2)18-28(20-29)38-3)30(17-24-11-5-4-6-12-24)32(36)33-26-14-7-8-15-26/h4-6,9-13,16,18-20,26,30H,7-8,14-15,17,21-22H2,1-3H3,(H,33,36). The molecule has 7 nitrogen and oxygen atoms in total. The number of benzene rings is 3. The van der Waals surface area contributed by atoms with Crippen LogP contribution in [0.3, 0.4) is 0 Å². The lowest BCUT2D eigenvalue weighted by Crippen LogP contribution is -2.53. The van der Waals surface area contributed by atoms with Gasteiger partial charge in [-0.05, 0) is 30.9 Å². The Morgan fingerprint density at radius 2 is 1.51 bits per heavy atom. The monoisotopic (exact) mass is 530 g/mol. The highest BCUT2D eigenvalue weighted by Crippen LogP contribution is 2.28. The summed E-state index contributed by atoms with van der Waals surface area (Å²) in [6.07, 6.45) is 4.56. The molecule has 2 amide bonds. The minimum Gasteiger partial charge on any atom is -0.496 e. The maximum absolute atomic E-state index is 13.8. The van der Waals surface area contributed by atoms with Crippen molar-refractivity contribution in [1.82, 2.24) is 10.2 Å². The highest BCUT2D eigenvalue weighted by Gasteiger charge is 2.32. The van der Waals surface area contributed by atoms with Gasteiger partial charge in [0.1, 0.15) is 23.3 Å². The first-order valence-electron chi connectivity index (χ1n) is 13.5. The molecule has 3 aromatic rings. The van der Waals surface area contributed by atoms with E-state index in [1.165, 1.54) is 0 Å². The van der Waals surface area contributed by atoms with Crippen molar-refractivity contribution in [3.8, 4) is 17.2 Å². The Morgan fingerprint density at radius 3 is 2.15 bits per heavy atom. The van der Waals surface area contributed by atoms with Gasteiger partial charge in [-0.15, -0.1) is 0 Å². The summed E-state index contributed by atoms with van der Waals surface area (Å²) < 4.78 is 16.6. The van der Waals surface area contributed by atoms with Gasteiger partial charge in [-0.3, -0.25) is 9.59 Å². The minimum atomic E-state index is -0.690. The molecule has 0 bridgehead atoms. The van der Waals surface area contributed by atoms with Crippen molar-refractivity contribution in [1.29, 1.82) is 0 Å². The zero-order valence-corrected chi connectivity index (χ0v) is 23.0. The van der Waals surface area contributed by atoms with Crippen LogP contribution < -0.4 is 19.5 Å². The van der Waals surface area contributed by atoms with E-state index in [4.69, 9.17) is 14.2 Å². The highest BCUT2D eigenvalue weighted by molar-refractivity contribution is 5.88. The van der Waals surface area contributed by atoms with Crippen LogP contribution in [0.15, 0.2) is 72.8 Å². The Kier molecular flexibility index (Phi) is 9.84. The molecule has 0 aliphatic heterocycles. The fourth-order valence-electron chi connectivity index (χ4n) is 5.02. The van der Waals surface area contributed by atoms with Crippen LogP contribution in [0.25, 0.3) is 0 Å². The average molecular weight is 531 g/mol. The number of carbonyl (C=O) groups is 2. The van der Waals surface area contributed by atoms with E-state index in [-0.39, 0.29) is 24.5 Å². The molecule has 206 valence electrons. The van der Waals surface area contributed by atoms with Crippen molar-refractivity contribution in [3.05, 3.63) is 89.5 Å². The lowest BCUT2D eigenvalue weighted by Gasteiger charge is -2.32. The Bertz CT molecular complexity index is 1220. The number of amides is 2. The predicted octanol–water partition coefficient (Wildman–Crippen LogP) is 5.09. The van der Waals surface area contributed by atoms with Gasteiger partial charge in [0.2, 0.25) is 5.91 Å². The van der Waals surface area contributed by atoms with Crippen molar-refractivity contribution in [2.24, 2.45) is 0 Å². The minimum absolute atomic E-state index is 0.130. The number of nitrogens with one attached hydrogen (secondary N) is 1. The van der Waals surface area contributed by atoms with Crippen LogP contribution in [-0.2, 0) is 22.6 Å². The van der Waals surface area contributed by atoms with Gasteiger partial charge >= 0.3 is 0 Å². The summed E-state index contributed by atoms with van der Waals surface area (Å²) in [5.41, 5.74) is 3.04. The Labute approximate surface area is 231 Å². The van der Waals surface area contributed by atoms with Crippen LogP contribution in [0.4, 0.5) is 0 Å². The Morgan fingerprint density at radius 1 is 0.872 bits per heavy atom. The van der Waals surface area contributed by atoms with E-state index < -0.39 is 6.04 Å². The van der Waals surface area contributed by atoms with Gasteiger partial charge in [-0.1, -0.05) is 73.0 Å². The van der Waals surface area contributed by atoms with Crippen LogP contribution in [0.5, 0.6) is 17.2 Å². The Hall–Kier alpha value is -4.00. The van der Waals surface area contributed by atoms with E-state index in [9.17, 15) is 9.59 Å². The molecule has 0 spiro atoms. The summed E-state index contributed by atoms with van der Waals surface area (Å²) in [6.45, 7) is 2.08. The lowest BCUT2D eigenvalue weighted by molar-refractivity contribution is -0.143. The van der Waals surface area contributed by atoms with Crippen LogP contribution in [0.2, 0.25) is 0 Å². The van der Waals surface area contributed by atoms with Crippen LogP contribution >= 0.6 is 0 Å². The van der Waals surface area contributed by atoms with E-state index in [0.717, 1.165) is 42.4 Å². The molecular formula is C32H38N2O5. The molecule has 1 aliphatic rings. The fourth-order valence-corrected chi connectivity index (χ4v) is 5.02. The summed E-state index contributed by atoms with van der Waals surface area (Å²) >= 11 is 0. The summed E-state index contributed by atoms with van der Waals surface area (Å²) in [5.74, 6) is 1.17. The zero-order valence-electron chi connectivity index (χ0n) is 23.0. The number of methoxy groups -OCH3 is 2. The van der Waals surface area contributed by atoms with Crippen molar-refractivity contribution in [2.45, 2.75) is 57.7 Å². The van der Waals surface area contributed by atoms with Crippen molar-refractivity contribution >= 4 is 11.8 Å². The van der Waals surface area contributed by atoms with Gasteiger partial charge in [0.15, 0.2) is 6.61 Å². The maximum atomic E-state index is 13.8. The van der Waals surface area contributed by atoms with E-state index in [2.05, 4.69) is 5.32 Å². The second-order valence-corrected chi connectivity index (χ2v) is 10.0. The molecule has 1 fully saturated rings. The first kappa shape index (κ1) is 28.0. The number of nitrogens with zero attached hydrogens (tertiary/aromatic N) is 1. The predicted molar refractivity (Wildman–Crippen MR) is 151 cm³/mol. The maximum Gasteiger partial charge on any atom is 0.261 e. The second kappa shape index (κ2) is 13.7. The van der Waals surface area contributed by atoms with Crippen LogP contribution in [0, 0.1) is 6.92 Å². The first-order chi connectivity index (χ1) is 18.9. The molecule has 1 unspecified atom stereocenters. The summed E-state index contributed by atoms with van der Waals surface area (Å²) in [6, 6.07) is 22.4. The third-order valence-electron chi connectivity index (χ3n) is 7.10. The molecule has 0 heterocycles. The topological polar surface area (TPSA) is 77.1 Å². The van der Waals surface area contributed by atoms with Gasteiger partial charge in [0.25, 0.3) is 5.91 Å². The van der Waals surface area contributed by atoms with Crippen molar-refractivity contribution in [2.75, 3.05) is 20.8 Å². The molecule has 7 heteroatoms. The number of hydrogen-bond acceptors (Lipinski definition) is 5. The molecule has 1 atom stereocenters. The molecule has 4 rings (SSSR count). The van der Waals surface area contributed by atoms with Gasteiger partial charge in [0, 0.05) is 37.2 Å². The van der Waals surface area contributed by atoms with Gasteiger partial charge in [-0.2, -0.15) is 0 Å². The SMILES string of the molecule is COc1cc(OC)cc(OCC(=O)N(Cc2cccc(C)c2)C(Cc2ccccc2)C(=O)NC2CCCC2)c1. The van der Waals surface area contributed by atoms with E-state index in [1.807, 2.05) is 61.5 Å². The quantitative estimate of drug-likeness (QED) is 0.353. The fraction of sp³-hybridized carbons (Fsp3) is 0.375. The normalized spacial score (nSPS) is 13.9. The van der Waals surface area contributed by atoms with Gasteiger partial charge in [0.05, 0.1) is 14.2 Å². The number of hydrogen-bond donors (Lipinski definition) is 1. The molecule has 39 heavy (non-hydrogen) atoms. The smallest absolute Gasteiger partial charge is 0.261 e.